The van der Waals surface area contributed by atoms with E-state index >= 15 is 0 Å². The van der Waals surface area contributed by atoms with E-state index < -0.39 is 0 Å². The second kappa shape index (κ2) is 8.05. The number of rotatable bonds is 5. The Balaban J connectivity index is 0.00000162. The zero-order valence-corrected chi connectivity index (χ0v) is 12.6. The smallest absolute Gasteiger partial charge is 0.0619 e. The Morgan fingerprint density at radius 3 is 2.39 bits per heavy atom. The fourth-order valence-electron chi connectivity index (χ4n) is 2.28. The second-order valence-corrected chi connectivity index (χ2v) is 6.09. The summed E-state index contributed by atoms with van der Waals surface area (Å²) >= 11 is 1.96. The maximum Gasteiger partial charge on any atom is 0.0619 e. The molecule has 0 aromatic heterocycles. The molecule has 1 aliphatic rings. The summed E-state index contributed by atoms with van der Waals surface area (Å²) in [5.41, 5.74) is 5.97. The molecular weight excluding hydrogens is 264 g/mol. The van der Waals surface area contributed by atoms with Gasteiger partial charge in [0.15, 0.2) is 0 Å². The van der Waals surface area contributed by atoms with Gasteiger partial charge in [0.25, 0.3) is 0 Å². The number of nitrogens with two attached hydrogens (primary N) is 1. The van der Waals surface area contributed by atoms with Gasteiger partial charge in [-0.05, 0) is 51.4 Å². The van der Waals surface area contributed by atoms with Crippen LogP contribution in [-0.2, 0) is 0 Å². The van der Waals surface area contributed by atoms with Crippen LogP contribution >= 0.6 is 24.2 Å². The largest absolute Gasteiger partial charge is 0.328 e. The summed E-state index contributed by atoms with van der Waals surface area (Å²) in [6.07, 6.45) is 3.75. The first-order valence-electron chi connectivity index (χ1n) is 6.47. The van der Waals surface area contributed by atoms with Gasteiger partial charge in [0.2, 0.25) is 0 Å². The maximum absolute atomic E-state index is 5.97. The van der Waals surface area contributed by atoms with Crippen molar-refractivity contribution in [2.24, 2.45) is 5.73 Å². The number of hydrogen-bond donors (Lipinski definition) is 1. The third-order valence-electron chi connectivity index (χ3n) is 3.14. The molecule has 2 N–H and O–H groups in total. The molecule has 1 aromatic carbocycles. The summed E-state index contributed by atoms with van der Waals surface area (Å²) in [6.45, 7) is 4.57. The van der Waals surface area contributed by atoms with Gasteiger partial charge in [-0.1, -0.05) is 18.2 Å². The summed E-state index contributed by atoms with van der Waals surface area (Å²) in [7, 11) is 0. The van der Waals surface area contributed by atoms with Crippen LogP contribution < -0.4 is 5.73 Å². The molecule has 1 fully saturated rings. The van der Waals surface area contributed by atoms with E-state index in [2.05, 4.69) is 42.2 Å². The van der Waals surface area contributed by atoms with Gasteiger partial charge >= 0.3 is 0 Å². The first-order chi connectivity index (χ1) is 8.25. The molecule has 0 bridgehead atoms. The normalized spacial score (nSPS) is 19.2. The van der Waals surface area contributed by atoms with Crippen molar-refractivity contribution in [2.75, 3.05) is 13.1 Å². The van der Waals surface area contributed by atoms with Crippen LogP contribution in [0.25, 0.3) is 0 Å². The lowest BCUT2D eigenvalue weighted by Crippen LogP contribution is -2.34. The Bertz CT molecular complexity index is 326. The first-order valence-corrected chi connectivity index (χ1v) is 7.35. The SMILES string of the molecule is CC(N)CC(Sc1ccccc1)N1CCCC1.Cl. The van der Waals surface area contributed by atoms with E-state index in [1.807, 2.05) is 11.8 Å². The highest BCUT2D eigenvalue weighted by Crippen LogP contribution is 2.30. The molecule has 2 atom stereocenters. The standard InChI is InChI=1S/C14H22N2S.ClH/c1-12(15)11-14(16-9-5-6-10-16)17-13-7-3-2-4-8-13;/h2-4,7-8,12,14H,5-6,9-11,15H2,1H3;1H. The fraction of sp³-hybridized carbons (Fsp3) is 0.571. The van der Waals surface area contributed by atoms with Crippen LogP contribution in [0.15, 0.2) is 35.2 Å². The molecule has 1 aliphatic heterocycles. The molecule has 1 heterocycles. The first kappa shape index (κ1) is 15.8. The van der Waals surface area contributed by atoms with E-state index in [4.69, 9.17) is 5.73 Å². The van der Waals surface area contributed by atoms with Crippen molar-refractivity contribution in [3.05, 3.63) is 30.3 Å². The molecule has 18 heavy (non-hydrogen) atoms. The minimum atomic E-state index is 0. The molecule has 1 aromatic rings. The van der Waals surface area contributed by atoms with Gasteiger partial charge in [0, 0.05) is 10.9 Å². The van der Waals surface area contributed by atoms with Crippen molar-refractivity contribution < 1.29 is 0 Å². The molecule has 0 aliphatic carbocycles. The van der Waals surface area contributed by atoms with E-state index in [1.54, 1.807) is 0 Å². The maximum atomic E-state index is 5.97. The zero-order chi connectivity index (χ0) is 12.1. The van der Waals surface area contributed by atoms with Crippen molar-refractivity contribution in [3.8, 4) is 0 Å². The van der Waals surface area contributed by atoms with E-state index in [1.165, 1.54) is 30.8 Å². The topological polar surface area (TPSA) is 29.3 Å². The lowest BCUT2D eigenvalue weighted by molar-refractivity contribution is 0.296. The van der Waals surface area contributed by atoms with Crippen LogP contribution in [-0.4, -0.2) is 29.4 Å². The Morgan fingerprint density at radius 1 is 1.22 bits per heavy atom. The van der Waals surface area contributed by atoms with Gasteiger partial charge in [-0.25, -0.2) is 0 Å². The lowest BCUT2D eigenvalue weighted by atomic mass is 10.2. The highest BCUT2D eigenvalue weighted by molar-refractivity contribution is 7.99. The second-order valence-electron chi connectivity index (χ2n) is 4.84. The van der Waals surface area contributed by atoms with E-state index in [0.717, 1.165) is 6.42 Å². The van der Waals surface area contributed by atoms with E-state index in [0.29, 0.717) is 5.37 Å². The summed E-state index contributed by atoms with van der Waals surface area (Å²) in [5, 5.41) is 0.542. The lowest BCUT2D eigenvalue weighted by Gasteiger charge is -2.28. The molecule has 0 amide bonds. The van der Waals surface area contributed by atoms with E-state index in [-0.39, 0.29) is 18.4 Å². The Kier molecular flexibility index (Phi) is 7.08. The zero-order valence-electron chi connectivity index (χ0n) is 10.9. The third-order valence-corrected chi connectivity index (χ3v) is 4.44. The van der Waals surface area contributed by atoms with Crippen LogP contribution in [0.3, 0.4) is 0 Å². The summed E-state index contributed by atoms with van der Waals surface area (Å²) in [5.74, 6) is 0. The molecule has 0 spiro atoms. The number of hydrogen-bond acceptors (Lipinski definition) is 3. The van der Waals surface area contributed by atoms with Crippen molar-refractivity contribution in [1.29, 1.82) is 0 Å². The molecule has 0 saturated carbocycles. The predicted molar refractivity (Wildman–Crippen MR) is 82.4 cm³/mol. The molecule has 2 rings (SSSR count). The van der Waals surface area contributed by atoms with Gasteiger partial charge in [-0.15, -0.1) is 24.2 Å². The van der Waals surface area contributed by atoms with Crippen LogP contribution in [0, 0.1) is 0 Å². The number of likely N-dealkylation sites (tertiary alicyclic amines) is 1. The molecule has 102 valence electrons. The Morgan fingerprint density at radius 2 is 1.83 bits per heavy atom. The minimum Gasteiger partial charge on any atom is -0.328 e. The van der Waals surface area contributed by atoms with Crippen LogP contribution in [0.5, 0.6) is 0 Å². The van der Waals surface area contributed by atoms with Gasteiger partial charge in [0.05, 0.1) is 5.37 Å². The summed E-state index contributed by atoms with van der Waals surface area (Å²) in [6, 6.07) is 10.9. The van der Waals surface area contributed by atoms with Gasteiger partial charge in [0.1, 0.15) is 0 Å². The number of thioether (sulfide) groups is 1. The third kappa shape index (κ3) is 4.81. The van der Waals surface area contributed by atoms with Crippen molar-refractivity contribution >= 4 is 24.2 Å². The number of halogens is 1. The minimum absolute atomic E-state index is 0. The van der Waals surface area contributed by atoms with Crippen molar-refractivity contribution in [2.45, 2.75) is 42.5 Å². The van der Waals surface area contributed by atoms with E-state index in [9.17, 15) is 0 Å². The summed E-state index contributed by atoms with van der Waals surface area (Å²) < 4.78 is 0. The Labute approximate surface area is 121 Å². The predicted octanol–water partition coefficient (Wildman–Crippen LogP) is 3.36. The summed E-state index contributed by atoms with van der Waals surface area (Å²) in [4.78, 5) is 3.94. The molecule has 0 radical (unpaired) electrons. The fourth-order valence-corrected chi connectivity index (χ4v) is 3.66. The highest BCUT2D eigenvalue weighted by Gasteiger charge is 2.23. The van der Waals surface area contributed by atoms with Gasteiger partial charge in [-0.3, -0.25) is 4.90 Å². The van der Waals surface area contributed by atoms with Gasteiger partial charge in [-0.2, -0.15) is 0 Å². The monoisotopic (exact) mass is 286 g/mol. The molecule has 1 saturated heterocycles. The highest BCUT2D eigenvalue weighted by atomic mass is 35.5. The van der Waals surface area contributed by atoms with Crippen LogP contribution in [0.2, 0.25) is 0 Å². The molecule has 2 unspecified atom stereocenters. The average Bonchev–Trinajstić information content (AvgIpc) is 2.82. The van der Waals surface area contributed by atoms with Crippen LogP contribution in [0.4, 0.5) is 0 Å². The molecule has 4 heteroatoms. The number of nitrogens with zero attached hydrogens (tertiary/aromatic N) is 1. The molecular formula is C14H23ClN2S. The van der Waals surface area contributed by atoms with Crippen molar-refractivity contribution in [1.82, 2.24) is 4.90 Å². The quantitative estimate of drug-likeness (QED) is 0.842. The van der Waals surface area contributed by atoms with Crippen molar-refractivity contribution in [3.63, 3.8) is 0 Å². The number of benzene rings is 1. The Hall–Kier alpha value is -0.220. The average molecular weight is 287 g/mol. The van der Waals surface area contributed by atoms with Gasteiger partial charge < -0.3 is 5.73 Å². The van der Waals surface area contributed by atoms with Crippen LogP contribution in [0.1, 0.15) is 26.2 Å². The molecule has 2 nitrogen and oxygen atoms in total.